The third kappa shape index (κ3) is 2.61. The second-order valence-corrected chi connectivity index (χ2v) is 7.78. The average molecular weight is 385 g/mol. The van der Waals surface area contributed by atoms with Gasteiger partial charge in [0.1, 0.15) is 0 Å². The molecular formula is C14H13BrN2O4S. The SMILES string of the molecule is O=C(CN1C(=O)C(=O)N(C2CCCC2)C1=O)c1ccc(Br)s1. The van der Waals surface area contributed by atoms with Gasteiger partial charge in [0.15, 0.2) is 5.78 Å². The van der Waals surface area contributed by atoms with Crippen LogP contribution < -0.4 is 0 Å². The molecule has 0 radical (unpaired) electrons. The van der Waals surface area contributed by atoms with Crippen molar-refractivity contribution < 1.29 is 19.2 Å². The Morgan fingerprint density at radius 1 is 1.18 bits per heavy atom. The van der Waals surface area contributed by atoms with Gasteiger partial charge < -0.3 is 0 Å². The van der Waals surface area contributed by atoms with Crippen molar-refractivity contribution in [1.29, 1.82) is 0 Å². The van der Waals surface area contributed by atoms with E-state index in [9.17, 15) is 19.2 Å². The maximum atomic E-state index is 12.3. The molecule has 0 aromatic carbocycles. The molecule has 0 atom stereocenters. The summed E-state index contributed by atoms with van der Waals surface area (Å²) >= 11 is 4.49. The van der Waals surface area contributed by atoms with E-state index in [0.717, 1.165) is 39.3 Å². The predicted octanol–water partition coefficient (Wildman–Crippen LogP) is 2.43. The van der Waals surface area contributed by atoms with E-state index >= 15 is 0 Å². The minimum Gasteiger partial charge on any atom is -0.291 e. The lowest BCUT2D eigenvalue weighted by atomic mass is 10.2. The molecule has 4 amide bonds. The lowest BCUT2D eigenvalue weighted by Crippen LogP contribution is -2.40. The third-order valence-corrected chi connectivity index (χ3v) is 5.59. The molecule has 2 aliphatic rings. The van der Waals surface area contributed by atoms with Crippen molar-refractivity contribution in [3.63, 3.8) is 0 Å². The Balaban J connectivity index is 1.76. The molecule has 1 aliphatic heterocycles. The van der Waals surface area contributed by atoms with Crippen molar-refractivity contribution in [3.05, 3.63) is 20.8 Å². The van der Waals surface area contributed by atoms with Gasteiger partial charge in [-0.15, -0.1) is 11.3 Å². The lowest BCUT2D eigenvalue weighted by Gasteiger charge is -2.20. The van der Waals surface area contributed by atoms with E-state index in [4.69, 9.17) is 0 Å². The molecule has 1 aromatic heterocycles. The highest BCUT2D eigenvalue weighted by Gasteiger charge is 2.48. The smallest absolute Gasteiger partial charge is 0.291 e. The molecule has 3 rings (SSSR count). The van der Waals surface area contributed by atoms with E-state index in [1.165, 1.54) is 11.3 Å². The Hall–Kier alpha value is -1.54. The molecule has 116 valence electrons. The maximum Gasteiger partial charge on any atom is 0.334 e. The summed E-state index contributed by atoms with van der Waals surface area (Å²) in [4.78, 5) is 50.8. The first-order chi connectivity index (χ1) is 10.5. The number of thiophene rings is 1. The van der Waals surface area contributed by atoms with E-state index in [1.807, 2.05) is 0 Å². The van der Waals surface area contributed by atoms with Crippen LogP contribution >= 0.6 is 27.3 Å². The zero-order valence-electron chi connectivity index (χ0n) is 11.6. The van der Waals surface area contributed by atoms with Crippen LogP contribution in [0.1, 0.15) is 35.4 Å². The van der Waals surface area contributed by atoms with Crippen LogP contribution in [0.15, 0.2) is 15.9 Å². The van der Waals surface area contributed by atoms with Gasteiger partial charge in [0, 0.05) is 6.04 Å². The van der Waals surface area contributed by atoms with Gasteiger partial charge >= 0.3 is 17.8 Å². The topological polar surface area (TPSA) is 74.8 Å². The van der Waals surface area contributed by atoms with Gasteiger partial charge in [-0.25, -0.2) is 9.69 Å². The standard InChI is InChI=1S/C14H13BrN2O4S/c15-11-6-5-10(22-11)9(18)7-16-12(19)13(20)17(14(16)21)8-3-1-2-4-8/h5-6,8H,1-4,7H2. The van der Waals surface area contributed by atoms with Gasteiger partial charge in [-0.1, -0.05) is 12.8 Å². The number of ketones is 1. The molecule has 6 nitrogen and oxygen atoms in total. The maximum absolute atomic E-state index is 12.3. The van der Waals surface area contributed by atoms with E-state index in [-0.39, 0.29) is 18.4 Å². The average Bonchev–Trinajstić information content (AvgIpc) is 3.18. The molecule has 1 aliphatic carbocycles. The van der Waals surface area contributed by atoms with Gasteiger partial charge in [0.2, 0.25) is 0 Å². The Labute approximate surface area is 139 Å². The summed E-state index contributed by atoms with van der Waals surface area (Å²) in [6.07, 6.45) is 3.34. The van der Waals surface area contributed by atoms with Crippen molar-refractivity contribution >= 4 is 50.9 Å². The molecule has 1 saturated heterocycles. The number of rotatable bonds is 4. The highest BCUT2D eigenvalue weighted by molar-refractivity contribution is 9.11. The van der Waals surface area contributed by atoms with Gasteiger partial charge in [0.25, 0.3) is 0 Å². The van der Waals surface area contributed by atoms with Crippen LogP contribution in [-0.2, 0) is 9.59 Å². The second kappa shape index (κ2) is 5.92. The van der Waals surface area contributed by atoms with Crippen LogP contribution in [0.4, 0.5) is 4.79 Å². The Kier molecular flexibility index (Phi) is 4.14. The summed E-state index contributed by atoms with van der Waals surface area (Å²) in [6, 6.07) is 2.48. The molecule has 0 bridgehead atoms. The van der Waals surface area contributed by atoms with E-state index in [0.29, 0.717) is 4.88 Å². The van der Waals surface area contributed by atoms with Crippen molar-refractivity contribution in [2.24, 2.45) is 0 Å². The summed E-state index contributed by atoms with van der Waals surface area (Å²) in [5, 5.41) is 0. The minimum atomic E-state index is -0.902. The lowest BCUT2D eigenvalue weighted by molar-refractivity contribution is -0.143. The molecule has 1 saturated carbocycles. The van der Waals surface area contributed by atoms with Crippen LogP contribution in [0.3, 0.4) is 0 Å². The molecule has 0 unspecified atom stereocenters. The van der Waals surface area contributed by atoms with Gasteiger partial charge in [0.05, 0.1) is 15.2 Å². The number of amides is 4. The first kappa shape index (κ1) is 15.4. The van der Waals surface area contributed by atoms with Crippen LogP contribution in [0.5, 0.6) is 0 Å². The van der Waals surface area contributed by atoms with Crippen molar-refractivity contribution in [2.45, 2.75) is 31.7 Å². The van der Waals surface area contributed by atoms with Gasteiger partial charge in [-0.3, -0.25) is 19.3 Å². The summed E-state index contributed by atoms with van der Waals surface area (Å²) in [7, 11) is 0. The third-order valence-electron chi connectivity index (χ3n) is 3.92. The fraction of sp³-hybridized carbons (Fsp3) is 0.429. The molecule has 22 heavy (non-hydrogen) atoms. The normalized spacial score (nSPS) is 19.6. The molecule has 2 heterocycles. The molecule has 1 aromatic rings. The molecule has 8 heteroatoms. The Bertz CT molecular complexity index is 666. The summed E-state index contributed by atoms with van der Waals surface area (Å²) in [6.45, 7) is -0.389. The molecule has 2 fully saturated rings. The van der Waals surface area contributed by atoms with Gasteiger partial charge in [-0.05, 0) is 40.9 Å². The number of halogens is 1. The fourth-order valence-electron chi connectivity index (χ4n) is 2.83. The van der Waals surface area contributed by atoms with Crippen LogP contribution in [0, 0.1) is 0 Å². The first-order valence-electron chi connectivity index (χ1n) is 6.96. The Morgan fingerprint density at radius 2 is 1.86 bits per heavy atom. The quantitative estimate of drug-likeness (QED) is 0.453. The summed E-state index contributed by atoms with van der Waals surface area (Å²) < 4.78 is 0.790. The van der Waals surface area contributed by atoms with E-state index < -0.39 is 17.8 Å². The highest BCUT2D eigenvalue weighted by Crippen LogP contribution is 2.28. The fourth-order valence-corrected chi connectivity index (χ4v) is 4.15. The zero-order chi connectivity index (χ0) is 15.9. The summed E-state index contributed by atoms with van der Waals surface area (Å²) in [5.74, 6) is -2.06. The molecule has 0 N–H and O–H groups in total. The number of Topliss-reactive ketones (excluding diaryl/α,β-unsaturated/α-hetero) is 1. The first-order valence-corrected chi connectivity index (χ1v) is 8.57. The molecular weight excluding hydrogens is 372 g/mol. The zero-order valence-corrected chi connectivity index (χ0v) is 14.0. The van der Waals surface area contributed by atoms with E-state index in [1.54, 1.807) is 12.1 Å². The summed E-state index contributed by atoms with van der Waals surface area (Å²) in [5.41, 5.74) is 0. The number of nitrogens with zero attached hydrogens (tertiary/aromatic N) is 2. The number of hydrogen-bond donors (Lipinski definition) is 0. The van der Waals surface area contributed by atoms with Crippen molar-refractivity contribution in [2.75, 3.05) is 6.54 Å². The monoisotopic (exact) mass is 384 g/mol. The van der Waals surface area contributed by atoms with Gasteiger partial charge in [-0.2, -0.15) is 0 Å². The van der Waals surface area contributed by atoms with Crippen LogP contribution in [-0.4, -0.2) is 46.0 Å². The van der Waals surface area contributed by atoms with Crippen LogP contribution in [0.25, 0.3) is 0 Å². The van der Waals surface area contributed by atoms with Crippen molar-refractivity contribution in [3.8, 4) is 0 Å². The highest BCUT2D eigenvalue weighted by atomic mass is 79.9. The largest absolute Gasteiger partial charge is 0.334 e. The predicted molar refractivity (Wildman–Crippen MR) is 82.6 cm³/mol. The number of hydrogen-bond acceptors (Lipinski definition) is 5. The molecule has 0 spiro atoms. The Morgan fingerprint density at radius 3 is 2.45 bits per heavy atom. The van der Waals surface area contributed by atoms with Crippen molar-refractivity contribution in [1.82, 2.24) is 9.80 Å². The van der Waals surface area contributed by atoms with E-state index in [2.05, 4.69) is 15.9 Å². The van der Waals surface area contributed by atoms with Crippen LogP contribution in [0.2, 0.25) is 0 Å². The second-order valence-electron chi connectivity index (χ2n) is 5.31. The number of imide groups is 2. The minimum absolute atomic E-state index is 0.208. The number of carbonyl (C=O) groups excluding carboxylic acids is 4. The number of carbonyl (C=O) groups is 4. The number of urea groups is 1.